The Kier molecular flexibility index (Phi) is 4.89. The van der Waals surface area contributed by atoms with E-state index in [9.17, 15) is 0 Å². The van der Waals surface area contributed by atoms with Crippen LogP contribution in [0.2, 0.25) is 0 Å². The van der Waals surface area contributed by atoms with Gasteiger partial charge in [-0.1, -0.05) is 6.42 Å². The fourth-order valence-electron chi connectivity index (χ4n) is 4.00. The first kappa shape index (κ1) is 18.4. The van der Waals surface area contributed by atoms with E-state index in [1.165, 1.54) is 17.8 Å². The predicted molar refractivity (Wildman–Crippen MR) is 108 cm³/mol. The summed E-state index contributed by atoms with van der Waals surface area (Å²) in [6.07, 6.45) is 5.46. The quantitative estimate of drug-likeness (QED) is 0.607. The zero-order chi connectivity index (χ0) is 19.8. The summed E-state index contributed by atoms with van der Waals surface area (Å²) in [7, 11) is 1.61. The van der Waals surface area contributed by atoms with E-state index < -0.39 is 0 Å². The van der Waals surface area contributed by atoms with Gasteiger partial charge in [-0.2, -0.15) is 0 Å². The summed E-state index contributed by atoms with van der Waals surface area (Å²) >= 11 is 1.73. The maximum absolute atomic E-state index is 6.02. The first-order valence-corrected chi connectivity index (χ1v) is 10.7. The SMILES string of the molecule is COc1cc(-c2nc(CN3CCCCC3c3nccs3)c(C)o2)cc2c1OCO2. The van der Waals surface area contributed by atoms with Crippen molar-refractivity contribution in [2.45, 2.75) is 38.8 Å². The molecule has 8 heteroatoms. The smallest absolute Gasteiger partial charge is 0.231 e. The van der Waals surface area contributed by atoms with Gasteiger partial charge in [-0.05, 0) is 38.4 Å². The first-order valence-electron chi connectivity index (χ1n) is 9.80. The molecule has 2 aromatic heterocycles. The van der Waals surface area contributed by atoms with Gasteiger partial charge in [0, 0.05) is 23.7 Å². The minimum atomic E-state index is 0.193. The molecule has 152 valence electrons. The molecule has 5 rings (SSSR count). The number of aromatic nitrogens is 2. The fraction of sp³-hybridized carbons (Fsp3) is 0.429. The Morgan fingerprint density at radius 2 is 2.21 bits per heavy atom. The van der Waals surface area contributed by atoms with Gasteiger partial charge in [-0.15, -0.1) is 11.3 Å². The van der Waals surface area contributed by atoms with Crippen molar-refractivity contribution < 1.29 is 18.6 Å². The average Bonchev–Trinajstić information content (AvgIpc) is 3.49. The highest BCUT2D eigenvalue weighted by Gasteiger charge is 2.28. The highest BCUT2D eigenvalue weighted by molar-refractivity contribution is 7.09. The Bertz CT molecular complexity index is 1000. The van der Waals surface area contributed by atoms with Crippen LogP contribution >= 0.6 is 11.3 Å². The molecule has 2 aliphatic heterocycles. The van der Waals surface area contributed by atoms with Crippen LogP contribution in [0.5, 0.6) is 17.2 Å². The van der Waals surface area contributed by atoms with E-state index in [1.807, 2.05) is 25.3 Å². The van der Waals surface area contributed by atoms with Crippen LogP contribution in [0.4, 0.5) is 0 Å². The molecule has 1 fully saturated rings. The first-order chi connectivity index (χ1) is 14.2. The third-order valence-corrected chi connectivity index (χ3v) is 6.38. The largest absolute Gasteiger partial charge is 0.493 e. The van der Waals surface area contributed by atoms with Gasteiger partial charge in [0.25, 0.3) is 0 Å². The number of piperidine rings is 1. The Balaban J connectivity index is 1.42. The van der Waals surface area contributed by atoms with Crippen molar-refractivity contribution in [3.63, 3.8) is 0 Å². The molecule has 0 aliphatic carbocycles. The zero-order valence-corrected chi connectivity index (χ0v) is 17.3. The molecule has 0 bridgehead atoms. The van der Waals surface area contributed by atoms with Crippen molar-refractivity contribution in [3.8, 4) is 28.7 Å². The molecule has 0 radical (unpaired) electrons. The number of ether oxygens (including phenoxy) is 3. The van der Waals surface area contributed by atoms with Crippen molar-refractivity contribution in [2.75, 3.05) is 20.4 Å². The van der Waals surface area contributed by atoms with Crippen molar-refractivity contribution in [3.05, 3.63) is 40.2 Å². The van der Waals surface area contributed by atoms with Crippen molar-refractivity contribution in [1.29, 1.82) is 0 Å². The van der Waals surface area contributed by atoms with Gasteiger partial charge in [0.15, 0.2) is 11.5 Å². The summed E-state index contributed by atoms with van der Waals surface area (Å²) in [5.41, 5.74) is 1.77. The second-order valence-corrected chi connectivity index (χ2v) is 8.21. The summed E-state index contributed by atoms with van der Waals surface area (Å²) in [6.45, 7) is 3.96. The van der Waals surface area contributed by atoms with Gasteiger partial charge in [0.2, 0.25) is 18.4 Å². The highest BCUT2D eigenvalue weighted by Crippen LogP contribution is 2.44. The molecular weight excluding hydrogens is 390 g/mol. The summed E-state index contributed by atoms with van der Waals surface area (Å²) in [4.78, 5) is 11.8. The minimum absolute atomic E-state index is 0.193. The van der Waals surface area contributed by atoms with Crippen LogP contribution in [0, 0.1) is 6.92 Å². The standard InChI is InChI=1S/C21H23N3O4S/c1-13-15(11-24-7-4-3-5-16(24)21-22-6-8-29-21)23-20(28-13)14-9-17(25-2)19-18(10-14)26-12-27-19/h6,8-10,16H,3-5,7,11-12H2,1-2H3. The molecule has 4 heterocycles. The van der Waals surface area contributed by atoms with Gasteiger partial charge in [0.1, 0.15) is 10.8 Å². The minimum Gasteiger partial charge on any atom is -0.493 e. The predicted octanol–water partition coefficient (Wildman–Crippen LogP) is 4.57. The normalized spacial score (nSPS) is 18.9. The van der Waals surface area contributed by atoms with Crippen LogP contribution in [0.25, 0.3) is 11.5 Å². The van der Waals surface area contributed by atoms with Crippen molar-refractivity contribution in [1.82, 2.24) is 14.9 Å². The number of hydrogen-bond donors (Lipinski definition) is 0. The molecule has 1 aromatic carbocycles. The van der Waals surface area contributed by atoms with Crippen molar-refractivity contribution >= 4 is 11.3 Å². The summed E-state index contributed by atoms with van der Waals surface area (Å²) in [5, 5.41) is 3.24. The number of likely N-dealkylation sites (tertiary alicyclic amines) is 1. The summed E-state index contributed by atoms with van der Waals surface area (Å²) in [6, 6.07) is 4.12. The lowest BCUT2D eigenvalue weighted by Crippen LogP contribution is -2.33. The molecule has 3 aromatic rings. The van der Waals surface area contributed by atoms with E-state index >= 15 is 0 Å². The molecule has 0 saturated carbocycles. The number of thiazole rings is 1. The van der Waals surface area contributed by atoms with Crippen LogP contribution in [-0.4, -0.2) is 35.3 Å². The second-order valence-electron chi connectivity index (χ2n) is 7.29. The molecule has 0 amide bonds. The number of methoxy groups -OCH3 is 1. The monoisotopic (exact) mass is 413 g/mol. The summed E-state index contributed by atoms with van der Waals surface area (Å²) in [5.74, 6) is 3.29. The molecule has 29 heavy (non-hydrogen) atoms. The van der Waals surface area contributed by atoms with Gasteiger partial charge >= 0.3 is 0 Å². The van der Waals surface area contributed by atoms with Crippen LogP contribution in [0.15, 0.2) is 28.1 Å². The summed E-state index contributed by atoms with van der Waals surface area (Å²) < 4.78 is 22.5. The molecule has 0 spiro atoms. The van der Waals surface area contributed by atoms with E-state index in [1.54, 1.807) is 18.4 Å². The van der Waals surface area contributed by atoms with E-state index in [4.69, 9.17) is 23.6 Å². The lowest BCUT2D eigenvalue weighted by atomic mass is 10.0. The number of benzene rings is 1. The van der Waals surface area contributed by atoms with Crippen LogP contribution < -0.4 is 14.2 Å². The van der Waals surface area contributed by atoms with Gasteiger partial charge in [0.05, 0.1) is 18.8 Å². The van der Waals surface area contributed by atoms with Crippen LogP contribution in [-0.2, 0) is 6.54 Å². The van der Waals surface area contributed by atoms with E-state index in [0.717, 1.165) is 36.5 Å². The number of fused-ring (bicyclic) bond motifs is 1. The second kappa shape index (κ2) is 7.68. The lowest BCUT2D eigenvalue weighted by molar-refractivity contribution is 0.138. The molecule has 1 unspecified atom stereocenters. The maximum Gasteiger partial charge on any atom is 0.231 e. The average molecular weight is 413 g/mol. The number of aryl methyl sites for hydroxylation is 1. The van der Waals surface area contributed by atoms with E-state index in [-0.39, 0.29) is 6.79 Å². The molecule has 0 N–H and O–H groups in total. The molecular formula is C21H23N3O4S. The third kappa shape index (κ3) is 3.47. The van der Waals surface area contributed by atoms with Gasteiger partial charge < -0.3 is 18.6 Å². The Labute approximate surface area is 173 Å². The van der Waals surface area contributed by atoms with Gasteiger partial charge in [-0.25, -0.2) is 9.97 Å². The van der Waals surface area contributed by atoms with Crippen LogP contribution in [0.3, 0.4) is 0 Å². The maximum atomic E-state index is 6.02. The Morgan fingerprint density at radius 3 is 3.03 bits per heavy atom. The lowest BCUT2D eigenvalue weighted by Gasteiger charge is -2.33. The zero-order valence-electron chi connectivity index (χ0n) is 16.5. The number of rotatable bonds is 5. The Hall–Kier alpha value is -2.58. The Morgan fingerprint density at radius 1 is 1.28 bits per heavy atom. The van der Waals surface area contributed by atoms with E-state index in [0.29, 0.717) is 29.2 Å². The molecule has 1 saturated heterocycles. The molecule has 7 nitrogen and oxygen atoms in total. The van der Waals surface area contributed by atoms with E-state index in [2.05, 4.69) is 15.3 Å². The number of hydrogen-bond acceptors (Lipinski definition) is 8. The topological polar surface area (TPSA) is 69.9 Å². The van der Waals surface area contributed by atoms with Crippen molar-refractivity contribution in [2.24, 2.45) is 0 Å². The fourth-order valence-corrected chi connectivity index (χ4v) is 4.81. The highest BCUT2D eigenvalue weighted by atomic mass is 32.1. The van der Waals surface area contributed by atoms with Crippen LogP contribution in [0.1, 0.15) is 41.8 Å². The number of oxazole rings is 1. The third-order valence-electron chi connectivity index (χ3n) is 5.50. The number of nitrogens with zero attached hydrogens (tertiary/aromatic N) is 3. The molecule has 1 atom stereocenters. The van der Waals surface area contributed by atoms with Gasteiger partial charge in [-0.3, -0.25) is 4.90 Å². The molecule has 2 aliphatic rings.